The van der Waals surface area contributed by atoms with E-state index >= 15 is 0 Å². The minimum absolute atomic E-state index is 0. The Kier molecular flexibility index (Phi) is 10.2. The van der Waals surface area contributed by atoms with Crippen molar-refractivity contribution in [2.75, 3.05) is 13.1 Å². The molecule has 13 heavy (non-hydrogen) atoms. The Balaban J connectivity index is 0. The molecule has 0 aromatic carbocycles. The zero-order valence-corrected chi connectivity index (χ0v) is 9.26. The molecule has 0 aromatic heterocycles. The SMILES string of the molecule is Cl.Cl.NCCCC1CCNC(=O)C1. The summed E-state index contributed by atoms with van der Waals surface area (Å²) in [5, 5.41) is 2.82. The van der Waals surface area contributed by atoms with E-state index in [1.54, 1.807) is 0 Å². The number of nitrogens with two attached hydrogens (primary N) is 1. The third-order valence-electron chi connectivity index (χ3n) is 2.17. The number of amides is 1. The van der Waals surface area contributed by atoms with Gasteiger partial charge in [0.2, 0.25) is 5.91 Å². The van der Waals surface area contributed by atoms with Gasteiger partial charge in [0, 0.05) is 13.0 Å². The highest BCUT2D eigenvalue weighted by Gasteiger charge is 2.17. The van der Waals surface area contributed by atoms with E-state index in [0.717, 1.165) is 32.4 Å². The van der Waals surface area contributed by atoms with Crippen LogP contribution in [0.25, 0.3) is 0 Å². The van der Waals surface area contributed by atoms with Crippen molar-refractivity contribution in [2.24, 2.45) is 11.7 Å². The Hall–Kier alpha value is 0.01000. The standard InChI is InChI=1S/C8H16N2O.2ClH/c9-4-1-2-7-3-5-10-8(11)6-7;;/h7H,1-6,9H2,(H,10,11);2*1H. The Bertz CT molecular complexity index is 144. The zero-order chi connectivity index (χ0) is 8.10. The number of rotatable bonds is 3. The molecule has 0 spiro atoms. The molecule has 0 aliphatic carbocycles. The first kappa shape index (κ1) is 15.5. The maximum Gasteiger partial charge on any atom is 0.220 e. The molecule has 0 saturated carbocycles. The monoisotopic (exact) mass is 228 g/mol. The molecular formula is C8H18Cl2N2O. The fraction of sp³-hybridized carbons (Fsp3) is 0.875. The maximum atomic E-state index is 10.9. The fourth-order valence-electron chi connectivity index (χ4n) is 1.51. The minimum atomic E-state index is 0. The van der Waals surface area contributed by atoms with Crippen LogP contribution in [0.2, 0.25) is 0 Å². The molecule has 3 nitrogen and oxygen atoms in total. The lowest BCUT2D eigenvalue weighted by atomic mass is 9.93. The van der Waals surface area contributed by atoms with Crippen LogP contribution in [0.5, 0.6) is 0 Å². The number of piperidine rings is 1. The molecule has 1 unspecified atom stereocenters. The van der Waals surface area contributed by atoms with E-state index in [1.165, 1.54) is 0 Å². The average molecular weight is 229 g/mol. The molecule has 1 aliphatic heterocycles. The number of hydrogen-bond donors (Lipinski definition) is 2. The number of hydrogen-bond acceptors (Lipinski definition) is 2. The van der Waals surface area contributed by atoms with Gasteiger partial charge in [0.1, 0.15) is 0 Å². The smallest absolute Gasteiger partial charge is 0.220 e. The highest BCUT2D eigenvalue weighted by atomic mass is 35.5. The van der Waals surface area contributed by atoms with Crippen molar-refractivity contribution in [3.05, 3.63) is 0 Å². The van der Waals surface area contributed by atoms with Crippen molar-refractivity contribution >= 4 is 30.7 Å². The Labute approximate surface area is 91.6 Å². The summed E-state index contributed by atoms with van der Waals surface area (Å²) in [4.78, 5) is 10.9. The summed E-state index contributed by atoms with van der Waals surface area (Å²) in [5.74, 6) is 0.797. The van der Waals surface area contributed by atoms with Crippen molar-refractivity contribution in [2.45, 2.75) is 25.7 Å². The van der Waals surface area contributed by atoms with E-state index in [9.17, 15) is 4.79 Å². The van der Waals surface area contributed by atoms with E-state index in [4.69, 9.17) is 5.73 Å². The van der Waals surface area contributed by atoms with Gasteiger partial charge in [0.05, 0.1) is 0 Å². The second-order valence-electron chi connectivity index (χ2n) is 3.14. The predicted molar refractivity (Wildman–Crippen MR) is 58.5 cm³/mol. The first-order valence-corrected chi connectivity index (χ1v) is 4.29. The molecule has 1 aliphatic rings. The number of carbonyl (C=O) groups excluding carboxylic acids is 1. The molecule has 0 radical (unpaired) electrons. The molecule has 0 aromatic rings. The van der Waals surface area contributed by atoms with Crippen LogP contribution < -0.4 is 11.1 Å². The van der Waals surface area contributed by atoms with Crippen LogP contribution in [0, 0.1) is 5.92 Å². The third-order valence-corrected chi connectivity index (χ3v) is 2.17. The molecule has 80 valence electrons. The lowest BCUT2D eigenvalue weighted by Gasteiger charge is -2.21. The van der Waals surface area contributed by atoms with Gasteiger partial charge in [0.25, 0.3) is 0 Å². The summed E-state index contributed by atoms with van der Waals surface area (Å²) in [6.45, 7) is 1.60. The van der Waals surface area contributed by atoms with E-state index < -0.39 is 0 Å². The van der Waals surface area contributed by atoms with Crippen LogP contribution in [0.4, 0.5) is 0 Å². The van der Waals surface area contributed by atoms with Gasteiger partial charge in [0.15, 0.2) is 0 Å². The lowest BCUT2D eigenvalue weighted by Crippen LogP contribution is -2.33. The normalized spacial score (nSPS) is 21.0. The summed E-state index contributed by atoms with van der Waals surface area (Å²) in [5.41, 5.74) is 5.38. The van der Waals surface area contributed by atoms with Gasteiger partial charge in [-0.15, -0.1) is 24.8 Å². The second kappa shape index (κ2) is 8.60. The van der Waals surface area contributed by atoms with Crippen molar-refractivity contribution in [1.29, 1.82) is 0 Å². The molecule has 1 fully saturated rings. The Morgan fingerprint density at radius 2 is 2.15 bits per heavy atom. The van der Waals surface area contributed by atoms with Crippen molar-refractivity contribution < 1.29 is 4.79 Å². The van der Waals surface area contributed by atoms with Crippen molar-refractivity contribution in [3.8, 4) is 0 Å². The number of nitrogens with one attached hydrogen (secondary N) is 1. The highest BCUT2D eigenvalue weighted by Crippen LogP contribution is 2.17. The third kappa shape index (κ3) is 6.13. The molecule has 0 bridgehead atoms. The molecule has 1 heterocycles. The van der Waals surface area contributed by atoms with E-state index in [1.807, 2.05) is 0 Å². The summed E-state index contributed by atoms with van der Waals surface area (Å²) in [6.07, 6.45) is 4.01. The molecule has 1 saturated heterocycles. The topological polar surface area (TPSA) is 55.1 Å². The second-order valence-corrected chi connectivity index (χ2v) is 3.14. The van der Waals surface area contributed by atoms with Gasteiger partial charge in [-0.1, -0.05) is 0 Å². The van der Waals surface area contributed by atoms with Gasteiger partial charge in [-0.25, -0.2) is 0 Å². The van der Waals surface area contributed by atoms with Gasteiger partial charge in [-0.05, 0) is 31.7 Å². The molecule has 3 N–H and O–H groups in total. The van der Waals surface area contributed by atoms with Crippen LogP contribution in [-0.2, 0) is 4.79 Å². The van der Waals surface area contributed by atoms with Crippen LogP contribution >= 0.6 is 24.8 Å². The van der Waals surface area contributed by atoms with Gasteiger partial charge >= 0.3 is 0 Å². The van der Waals surface area contributed by atoms with Gasteiger partial charge in [-0.3, -0.25) is 4.79 Å². The largest absolute Gasteiger partial charge is 0.356 e. The molecule has 5 heteroatoms. The fourth-order valence-corrected chi connectivity index (χ4v) is 1.51. The van der Waals surface area contributed by atoms with E-state index in [2.05, 4.69) is 5.32 Å². The van der Waals surface area contributed by atoms with Crippen LogP contribution in [-0.4, -0.2) is 19.0 Å². The summed E-state index contributed by atoms with van der Waals surface area (Å²) >= 11 is 0. The summed E-state index contributed by atoms with van der Waals surface area (Å²) in [6, 6.07) is 0. The van der Waals surface area contributed by atoms with Gasteiger partial charge < -0.3 is 11.1 Å². The zero-order valence-electron chi connectivity index (χ0n) is 7.62. The van der Waals surface area contributed by atoms with Crippen LogP contribution in [0.15, 0.2) is 0 Å². The van der Waals surface area contributed by atoms with Crippen molar-refractivity contribution in [3.63, 3.8) is 0 Å². The van der Waals surface area contributed by atoms with Crippen molar-refractivity contribution in [1.82, 2.24) is 5.32 Å². The van der Waals surface area contributed by atoms with E-state index in [0.29, 0.717) is 12.3 Å². The molecule has 1 rings (SSSR count). The number of carbonyl (C=O) groups is 1. The summed E-state index contributed by atoms with van der Waals surface area (Å²) in [7, 11) is 0. The Morgan fingerprint density at radius 3 is 2.69 bits per heavy atom. The molecular weight excluding hydrogens is 211 g/mol. The van der Waals surface area contributed by atoms with E-state index in [-0.39, 0.29) is 30.7 Å². The quantitative estimate of drug-likeness (QED) is 0.761. The van der Waals surface area contributed by atoms with Crippen LogP contribution in [0.1, 0.15) is 25.7 Å². The number of halogens is 2. The molecule has 1 atom stereocenters. The Morgan fingerprint density at radius 1 is 1.46 bits per heavy atom. The van der Waals surface area contributed by atoms with Crippen LogP contribution in [0.3, 0.4) is 0 Å². The lowest BCUT2D eigenvalue weighted by molar-refractivity contribution is -0.123. The first-order chi connectivity index (χ1) is 5.33. The molecule has 1 amide bonds. The average Bonchev–Trinajstić information content (AvgIpc) is 2.01. The highest BCUT2D eigenvalue weighted by molar-refractivity contribution is 5.85. The maximum absolute atomic E-state index is 10.9. The predicted octanol–water partition coefficient (Wildman–Crippen LogP) is 1.10. The minimum Gasteiger partial charge on any atom is -0.356 e. The van der Waals surface area contributed by atoms with Gasteiger partial charge in [-0.2, -0.15) is 0 Å². The summed E-state index contributed by atoms with van der Waals surface area (Å²) < 4.78 is 0. The first-order valence-electron chi connectivity index (χ1n) is 4.29.